The molecule has 15 heavy (non-hydrogen) atoms. The van der Waals surface area contributed by atoms with Crippen molar-refractivity contribution < 1.29 is 9.13 Å². The number of halogens is 1. The molecular formula is C12H16FNO. The zero-order valence-electron chi connectivity index (χ0n) is 8.92. The summed E-state index contributed by atoms with van der Waals surface area (Å²) < 4.78 is 18.3. The van der Waals surface area contributed by atoms with Gasteiger partial charge in [-0.1, -0.05) is 0 Å². The molecule has 1 aromatic carbocycles. The SMILES string of the molecule is Cc1cc(F)cc(NCC2CCOC2)c1. The molecule has 0 amide bonds. The number of anilines is 1. The van der Waals surface area contributed by atoms with Crippen molar-refractivity contribution >= 4 is 5.69 Å². The van der Waals surface area contributed by atoms with Crippen LogP contribution in [0.1, 0.15) is 12.0 Å². The van der Waals surface area contributed by atoms with Gasteiger partial charge in [-0.2, -0.15) is 0 Å². The van der Waals surface area contributed by atoms with E-state index in [0.717, 1.165) is 37.4 Å². The maximum Gasteiger partial charge on any atom is 0.125 e. The van der Waals surface area contributed by atoms with Gasteiger partial charge in [-0.25, -0.2) is 4.39 Å². The van der Waals surface area contributed by atoms with Crippen LogP contribution in [0.3, 0.4) is 0 Å². The zero-order valence-corrected chi connectivity index (χ0v) is 8.92. The Kier molecular flexibility index (Phi) is 3.21. The lowest BCUT2D eigenvalue weighted by atomic mass is 10.1. The Hall–Kier alpha value is -1.09. The van der Waals surface area contributed by atoms with E-state index in [4.69, 9.17) is 4.74 Å². The molecule has 1 fully saturated rings. The van der Waals surface area contributed by atoms with E-state index in [2.05, 4.69) is 5.32 Å². The summed E-state index contributed by atoms with van der Waals surface area (Å²) >= 11 is 0. The Morgan fingerprint density at radius 2 is 2.33 bits per heavy atom. The van der Waals surface area contributed by atoms with Gasteiger partial charge in [0.15, 0.2) is 0 Å². The molecule has 0 aromatic heterocycles. The average Bonchev–Trinajstić information content (AvgIpc) is 2.65. The first-order chi connectivity index (χ1) is 7.24. The van der Waals surface area contributed by atoms with Crippen LogP contribution in [0.5, 0.6) is 0 Å². The summed E-state index contributed by atoms with van der Waals surface area (Å²) in [7, 11) is 0. The quantitative estimate of drug-likeness (QED) is 0.826. The van der Waals surface area contributed by atoms with Crippen molar-refractivity contribution in [1.82, 2.24) is 0 Å². The molecule has 0 bridgehead atoms. The molecule has 2 rings (SSSR count). The summed E-state index contributed by atoms with van der Waals surface area (Å²) in [4.78, 5) is 0. The van der Waals surface area contributed by atoms with E-state index < -0.39 is 0 Å². The number of rotatable bonds is 3. The summed E-state index contributed by atoms with van der Waals surface area (Å²) in [5, 5.41) is 3.25. The molecule has 1 atom stereocenters. The minimum Gasteiger partial charge on any atom is -0.385 e. The van der Waals surface area contributed by atoms with Crippen molar-refractivity contribution in [3.8, 4) is 0 Å². The van der Waals surface area contributed by atoms with Crippen molar-refractivity contribution in [3.05, 3.63) is 29.6 Å². The smallest absolute Gasteiger partial charge is 0.125 e. The molecule has 1 N–H and O–H groups in total. The topological polar surface area (TPSA) is 21.3 Å². The number of benzene rings is 1. The van der Waals surface area contributed by atoms with E-state index in [1.165, 1.54) is 12.1 Å². The second kappa shape index (κ2) is 4.62. The number of hydrogen-bond donors (Lipinski definition) is 1. The highest BCUT2D eigenvalue weighted by Crippen LogP contribution is 2.16. The van der Waals surface area contributed by atoms with Crippen molar-refractivity contribution in [2.45, 2.75) is 13.3 Å². The first-order valence-corrected chi connectivity index (χ1v) is 5.33. The van der Waals surface area contributed by atoms with Crippen LogP contribution in [0.2, 0.25) is 0 Å². The van der Waals surface area contributed by atoms with Crippen LogP contribution in [0.15, 0.2) is 18.2 Å². The monoisotopic (exact) mass is 209 g/mol. The van der Waals surface area contributed by atoms with E-state index in [-0.39, 0.29) is 5.82 Å². The summed E-state index contributed by atoms with van der Waals surface area (Å²) in [6.45, 7) is 4.44. The molecule has 1 heterocycles. The fourth-order valence-corrected chi connectivity index (χ4v) is 1.84. The van der Waals surface area contributed by atoms with Crippen LogP contribution < -0.4 is 5.32 Å². The fraction of sp³-hybridized carbons (Fsp3) is 0.500. The molecule has 1 aromatic rings. The second-order valence-electron chi connectivity index (χ2n) is 4.13. The van der Waals surface area contributed by atoms with Crippen molar-refractivity contribution in [2.75, 3.05) is 25.1 Å². The number of ether oxygens (including phenoxy) is 1. The van der Waals surface area contributed by atoms with Gasteiger partial charge in [-0.15, -0.1) is 0 Å². The Labute approximate surface area is 89.4 Å². The second-order valence-corrected chi connectivity index (χ2v) is 4.13. The molecular weight excluding hydrogens is 193 g/mol. The van der Waals surface area contributed by atoms with Crippen molar-refractivity contribution in [1.29, 1.82) is 0 Å². The van der Waals surface area contributed by atoms with E-state index in [9.17, 15) is 4.39 Å². The molecule has 0 spiro atoms. The Morgan fingerprint density at radius 3 is 3.00 bits per heavy atom. The normalized spacial score (nSPS) is 20.5. The lowest BCUT2D eigenvalue weighted by molar-refractivity contribution is 0.187. The number of hydrogen-bond acceptors (Lipinski definition) is 2. The summed E-state index contributed by atoms with van der Waals surface area (Å²) in [5.41, 5.74) is 1.81. The highest BCUT2D eigenvalue weighted by molar-refractivity contribution is 5.45. The molecule has 1 saturated heterocycles. The minimum absolute atomic E-state index is 0.180. The molecule has 0 saturated carbocycles. The van der Waals surface area contributed by atoms with Crippen LogP contribution in [-0.2, 0) is 4.74 Å². The fourth-order valence-electron chi connectivity index (χ4n) is 1.84. The highest BCUT2D eigenvalue weighted by Gasteiger charge is 2.14. The maximum atomic E-state index is 13.1. The van der Waals surface area contributed by atoms with Crippen LogP contribution in [0.4, 0.5) is 10.1 Å². The zero-order chi connectivity index (χ0) is 10.7. The van der Waals surface area contributed by atoms with Gasteiger partial charge in [0.05, 0.1) is 6.61 Å². The van der Waals surface area contributed by atoms with Gasteiger partial charge in [0.1, 0.15) is 5.82 Å². The van der Waals surface area contributed by atoms with Crippen LogP contribution in [-0.4, -0.2) is 19.8 Å². The number of aryl methyl sites for hydroxylation is 1. The number of nitrogens with one attached hydrogen (secondary N) is 1. The highest BCUT2D eigenvalue weighted by atomic mass is 19.1. The first-order valence-electron chi connectivity index (χ1n) is 5.33. The molecule has 2 nitrogen and oxygen atoms in total. The molecule has 3 heteroatoms. The van der Waals surface area contributed by atoms with Crippen molar-refractivity contribution in [3.63, 3.8) is 0 Å². The first kappa shape index (κ1) is 10.4. The van der Waals surface area contributed by atoms with Gasteiger partial charge in [-0.05, 0) is 37.1 Å². The predicted octanol–water partition coefficient (Wildman–Crippen LogP) is 2.58. The van der Waals surface area contributed by atoms with Crippen molar-refractivity contribution in [2.24, 2.45) is 5.92 Å². The van der Waals surface area contributed by atoms with E-state index in [1.807, 2.05) is 13.0 Å². The van der Waals surface area contributed by atoms with Gasteiger partial charge in [0, 0.05) is 24.8 Å². The Bertz CT molecular complexity index is 314. The maximum absolute atomic E-state index is 13.1. The third kappa shape index (κ3) is 2.93. The van der Waals surface area contributed by atoms with Crippen LogP contribution in [0, 0.1) is 18.7 Å². The van der Waals surface area contributed by atoms with Gasteiger partial charge in [0.25, 0.3) is 0 Å². The lowest BCUT2D eigenvalue weighted by Crippen LogP contribution is -2.14. The molecule has 0 aliphatic carbocycles. The van der Waals surface area contributed by atoms with Gasteiger partial charge in [0.2, 0.25) is 0 Å². The Morgan fingerprint density at radius 1 is 1.47 bits per heavy atom. The predicted molar refractivity (Wildman–Crippen MR) is 58.6 cm³/mol. The largest absolute Gasteiger partial charge is 0.385 e. The molecule has 82 valence electrons. The minimum atomic E-state index is -0.180. The standard InChI is InChI=1S/C12H16FNO/c1-9-4-11(13)6-12(5-9)14-7-10-2-3-15-8-10/h4-6,10,14H,2-3,7-8H2,1H3. The summed E-state index contributed by atoms with van der Waals surface area (Å²) in [5.74, 6) is 0.383. The third-order valence-corrected chi connectivity index (χ3v) is 2.66. The molecule has 0 radical (unpaired) electrons. The summed E-state index contributed by atoms with van der Waals surface area (Å²) in [6.07, 6.45) is 1.10. The third-order valence-electron chi connectivity index (χ3n) is 2.66. The molecule has 1 aliphatic rings. The van der Waals surface area contributed by atoms with E-state index in [0.29, 0.717) is 5.92 Å². The van der Waals surface area contributed by atoms with Gasteiger partial charge < -0.3 is 10.1 Å². The summed E-state index contributed by atoms with van der Waals surface area (Å²) in [6, 6.07) is 5.02. The van der Waals surface area contributed by atoms with E-state index >= 15 is 0 Å². The van der Waals surface area contributed by atoms with Gasteiger partial charge in [-0.3, -0.25) is 0 Å². The van der Waals surface area contributed by atoms with Crippen LogP contribution in [0.25, 0.3) is 0 Å². The molecule has 1 aliphatic heterocycles. The van der Waals surface area contributed by atoms with Gasteiger partial charge >= 0.3 is 0 Å². The lowest BCUT2D eigenvalue weighted by Gasteiger charge is -2.11. The van der Waals surface area contributed by atoms with Crippen LogP contribution >= 0.6 is 0 Å². The molecule has 1 unspecified atom stereocenters. The van der Waals surface area contributed by atoms with E-state index in [1.54, 1.807) is 0 Å². The average molecular weight is 209 g/mol. The Balaban J connectivity index is 1.92.